The van der Waals surface area contributed by atoms with Crippen molar-refractivity contribution >= 4 is 23.5 Å². The van der Waals surface area contributed by atoms with E-state index in [-0.39, 0.29) is 18.2 Å². The average molecular weight is 400 g/mol. The molecule has 3 aromatic rings. The number of amides is 1. The van der Waals surface area contributed by atoms with Gasteiger partial charge in [0.2, 0.25) is 0 Å². The number of benzene rings is 1. The number of ether oxygens (including phenoxy) is 1. The molecule has 4 rings (SSSR count). The summed E-state index contributed by atoms with van der Waals surface area (Å²) in [5.41, 5.74) is 2.73. The molecule has 144 valence electrons. The fourth-order valence-electron chi connectivity index (χ4n) is 3.39. The summed E-state index contributed by atoms with van der Waals surface area (Å²) in [6.07, 6.45) is 3.46. The fraction of sp³-hybridized carbons (Fsp3) is 0.250. The van der Waals surface area contributed by atoms with Crippen LogP contribution in [0.5, 0.6) is 0 Å². The molecule has 1 atom stereocenters. The standard InChI is InChI=1S/C20H18ClN3O4/c1-27-20(26)16-9-15-17(11-24(16)19(25)18-3-2-8-28-18)23(12-22-15)10-13-4-6-14(21)7-5-13/h2-8,12,16H,9-11H2,1H3/t16-/m1/s1. The predicted octanol–water partition coefficient (Wildman–Crippen LogP) is 2.92. The Balaban J connectivity index is 1.65. The molecule has 3 heterocycles. The minimum atomic E-state index is -0.742. The number of hydrogen-bond acceptors (Lipinski definition) is 5. The van der Waals surface area contributed by atoms with Crippen molar-refractivity contribution in [3.63, 3.8) is 0 Å². The van der Waals surface area contributed by atoms with Gasteiger partial charge in [-0.2, -0.15) is 0 Å². The van der Waals surface area contributed by atoms with E-state index in [1.54, 1.807) is 18.5 Å². The Labute approximate surface area is 166 Å². The van der Waals surface area contributed by atoms with Crippen molar-refractivity contribution in [3.8, 4) is 0 Å². The summed E-state index contributed by atoms with van der Waals surface area (Å²) in [6.45, 7) is 0.827. The van der Waals surface area contributed by atoms with Crippen LogP contribution >= 0.6 is 11.6 Å². The molecule has 0 fully saturated rings. The van der Waals surface area contributed by atoms with Gasteiger partial charge in [-0.05, 0) is 29.8 Å². The summed E-state index contributed by atoms with van der Waals surface area (Å²) in [4.78, 5) is 31.1. The smallest absolute Gasteiger partial charge is 0.329 e. The van der Waals surface area contributed by atoms with Crippen LogP contribution < -0.4 is 0 Å². The van der Waals surface area contributed by atoms with Crippen molar-refractivity contribution in [1.82, 2.24) is 14.5 Å². The minimum Gasteiger partial charge on any atom is -0.467 e. The third kappa shape index (κ3) is 3.41. The molecule has 1 aliphatic rings. The molecule has 0 unspecified atom stereocenters. The Hall–Kier alpha value is -3.06. The van der Waals surface area contributed by atoms with Crippen LogP contribution in [0.1, 0.15) is 27.5 Å². The lowest BCUT2D eigenvalue weighted by molar-refractivity contribution is -0.146. The first-order valence-electron chi connectivity index (χ1n) is 8.76. The van der Waals surface area contributed by atoms with E-state index in [9.17, 15) is 9.59 Å². The largest absolute Gasteiger partial charge is 0.467 e. The number of hydrogen-bond donors (Lipinski definition) is 0. The van der Waals surface area contributed by atoms with Gasteiger partial charge in [0.15, 0.2) is 5.76 Å². The van der Waals surface area contributed by atoms with Gasteiger partial charge in [-0.3, -0.25) is 4.79 Å². The summed E-state index contributed by atoms with van der Waals surface area (Å²) >= 11 is 5.96. The van der Waals surface area contributed by atoms with E-state index in [1.165, 1.54) is 18.3 Å². The van der Waals surface area contributed by atoms with Crippen LogP contribution in [0.15, 0.2) is 53.4 Å². The van der Waals surface area contributed by atoms with Crippen LogP contribution in [0.2, 0.25) is 5.02 Å². The number of esters is 1. The molecule has 0 radical (unpaired) electrons. The summed E-state index contributed by atoms with van der Waals surface area (Å²) in [5, 5.41) is 0.674. The number of methoxy groups -OCH3 is 1. The Morgan fingerprint density at radius 2 is 2.07 bits per heavy atom. The SMILES string of the molecule is COC(=O)[C@H]1Cc2ncn(Cc3ccc(Cl)cc3)c2CN1C(=O)c1ccco1. The van der Waals surface area contributed by atoms with E-state index in [1.807, 2.05) is 28.8 Å². The van der Waals surface area contributed by atoms with Gasteiger partial charge in [0, 0.05) is 18.0 Å². The van der Waals surface area contributed by atoms with Crippen molar-refractivity contribution in [3.05, 3.63) is 76.7 Å². The summed E-state index contributed by atoms with van der Waals surface area (Å²) in [5.74, 6) is -0.649. The maximum Gasteiger partial charge on any atom is 0.329 e. The number of imidazole rings is 1. The van der Waals surface area contributed by atoms with Gasteiger partial charge >= 0.3 is 5.97 Å². The van der Waals surface area contributed by atoms with Crippen LogP contribution in [-0.2, 0) is 29.0 Å². The molecule has 0 N–H and O–H groups in total. The van der Waals surface area contributed by atoms with Crippen LogP contribution in [0.3, 0.4) is 0 Å². The van der Waals surface area contributed by atoms with Crippen molar-refractivity contribution in [2.24, 2.45) is 0 Å². The van der Waals surface area contributed by atoms with Crippen molar-refractivity contribution < 1.29 is 18.7 Å². The molecular formula is C20H18ClN3O4. The molecule has 0 spiro atoms. The maximum atomic E-state index is 12.9. The number of nitrogens with zero attached hydrogens (tertiary/aromatic N) is 3. The summed E-state index contributed by atoms with van der Waals surface area (Å²) in [6, 6.07) is 10.0. The minimum absolute atomic E-state index is 0.182. The van der Waals surface area contributed by atoms with E-state index in [4.69, 9.17) is 20.8 Å². The van der Waals surface area contributed by atoms with Crippen molar-refractivity contribution in [2.45, 2.75) is 25.6 Å². The first kappa shape index (κ1) is 18.3. The highest BCUT2D eigenvalue weighted by molar-refractivity contribution is 6.30. The van der Waals surface area contributed by atoms with Gasteiger partial charge in [-0.15, -0.1) is 0 Å². The second-order valence-electron chi connectivity index (χ2n) is 6.55. The van der Waals surface area contributed by atoms with Gasteiger partial charge < -0.3 is 18.6 Å². The lowest BCUT2D eigenvalue weighted by atomic mass is 10.0. The van der Waals surface area contributed by atoms with E-state index in [0.29, 0.717) is 18.0 Å². The number of fused-ring (bicyclic) bond motifs is 1. The predicted molar refractivity (Wildman–Crippen MR) is 101 cm³/mol. The zero-order valence-corrected chi connectivity index (χ0v) is 15.9. The Morgan fingerprint density at radius 3 is 2.75 bits per heavy atom. The molecule has 0 bridgehead atoms. The Kier molecular flexibility index (Phi) is 4.92. The van der Waals surface area contributed by atoms with E-state index < -0.39 is 12.0 Å². The van der Waals surface area contributed by atoms with E-state index in [2.05, 4.69) is 4.98 Å². The first-order chi connectivity index (χ1) is 13.6. The number of carbonyl (C=O) groups excluding carboxylic acids is 2. The molecule has 1 amide bonds. The van der Waals surface area contributed by atoms with Crippen LogP contribution in [0.25, 0.3) is 0 Å². The van der Waals surface area contributed by atoms with Crippen molar-refractivity contribution in [1.29, 1.82) is 0 Å². The third-order valence-electron chi connectivity index (χ3n) is 4.85. The molecule has 0 aliphatic carbocycles. The highest BCUT2D eigenvalue weighted by Crippen LogP contribution is 2.26. The Morgan fingerprint density at radius 1 is 1.29 bits per heavy atom. The van der Waals surface area contributed by atoms with E-state index in [0.717, 1.165) is 17.0 Å². The zero-order chi connectivity index (χ0) is 19.7. The second-order valence-corrected chi connectivity index (χ2v) is 6.98. The molecule has 0 saturated heterocycles. The van der Waals surface area contributed by atoms with Gasteiger partial charge in [-0.25, -0.2) is 9.78 Å². The molecule has 2 aromatic heterocycles. The molecule has 7 nitrogen and oxygen atoms in total. The molecule has 1 aliphatic heterocycles. The number of rotatable bonds is 4. The fourth-order valence-corrected chi connectivity index (χ4v) is 3.52. The summed E-state index contributed by atoms with van der Waals surface area (Å²) < 4.78 is 12.1. The van der Waals surface area contributed by atoms with Gasteiger partial charge in [0.1, 0.15) is 6.04 Å². The maximum absolute atomic E-state index is 12.9. The topological polar surface area (TPSA) is 77.6 Å². The normalized spacial score (nSPS) is 15.9. The average Bonchev–Trinajstić information content (AvgIpc) is 3.38. The summed E-state index contributed by atoms with van der Waals surface area (Å²) in [7, 11) is 1.31. The van der Waals surface area contributed by atoms with Gasteiger partial charge in [0.25, 0.3) is 5.91 Å². The van der Waals surface area contributed by atoms with E-state index >= 15 is 0 Å². The Bertz CT molecular complexity index is 995. The van der Waals surface area contributed by atoms with Gasteiger partial charge in [0.05, 0.1) is 37.6 Å². The van der Waals surface area contributed by atoms with Crippen LogP contribution in [-0.4, -0.2) is 39.5 Å². The lowest BCUT2D eigenvalue weighted by Crippen LogP contribution is -2.49. The number of aromatic nitrogens is 2. The molecule has 0 saturated carbocycles. The highest BCUT2D eigenvalue weighted by atomic mass is 35.5. The highest BCUT2D eigenvalue weighted by Gasteiger charge is 2.38. The first-order valence-corrected chi connectivity index (χ1v) is 9.14. The monoisotopic (exact) mass is 399 g/mol. The zero-order valence-electron chi connectivity index (χ0n) is 15.2. The molecule has 8 heteroatoms. The third-order valence-corrected chi connectivity index (χ3v) is 5.10. The number of carbonyl (C=O) groups is 2. The number of furan rings is 1. The number of halogens is 1. The molecule has 1 aromatic carbocycles. The lowest BCUT2D eigenvalue weighted by Gasteiger charge is -2.33. The molecular weight excluding hydrogens is 382 g/mol. The molecule has 28 heavy (non-hydrogen) atoms. The van der Waals surface area contributed by atoms with Crippen LogP contribution in [0, 0.1) is 0 Å². The second kappa shape index (κ2) is 7.52. The van der Waals surface area contributed by atoms with Crippen LogP contribution in [0.4, 0.5) is 0 Å². The van der Waals surface area contributed by atoms with Gasteiger partial charge in [-0.1, -0.05) is 23.7 Å². The quantitative estimate of drug-likeness (QED) is 0.630. The van der Waals surface area contributed by atoms with Crippen molar-refractivity contribution in [2.75, 3.05) is 7.11 Å².